The number of nitrogens with one attached hydrogen (secondary N) is 2. The number of benzene rings is 1. The van der Waals surface area contributed by atoms with Gasteiger partial charge < -0.3 is 9.97 Å². The number of hydrogen-bond donors (Lipinski definition) is 2. The van der Waals surface area contributed by atoms with Gasteiger partial charge >= 0.3 is 62.3 Å². The number of aromatic nitrogens is 4. The number of nitrogens with zero attached hydrogens (tertiary/aromatic N) is 2. The fourth-order valence-electron chi connectivity index (χ4n) is 3.51. The van der Waals surface area contributed by atoms with Crippen LogP contribution in [-0.2, 0) is 16.0 Å². The molecule has 6 rings (SSSR count). The summed E-state index contributed by atoms with van der Waals surface area (Å²) in [6, 6.07) is 24.0. The predicted octanol–water partition coefficient (Wildman–Crippen LogP) is 5.52. The number of fused-ring (bicyclic) bond motifs is 8. The van der Waals surface area contributed by atoms with Gasteiger partial charge in [0.1, 0.15) is 0 Å². The maximum atomic E-state index is 4.94. The zero-order valence-electron chi connectivity index (χ0n) is 17.9. The maximum absolute atomic E-state index is 4.94. The Balaban J connectivity index is 0.000000215. The first-order valence-corrected chi connectivity index (χ1v) is 11.0. The van der Waals surface area contributed by atoms with Gasteiger partial charge in [-0.2, -0.15) is 0 Å². The number of aromatic amines is 2. The van der Waals surface area contributed by atoms with E-state index in [1.807, 2.05) is 72.8 Å². The van der Waals surface area contributed by atoms with Gasteiger partial charge in [-0.25, -0.2) is 9.97 Å². The van der Waals surface area contributed by atoms with Crippen molar-refractivity contribution in [3.05, 3.63) is 95.6 Å². The first-order chi connectivity index (χ1) is 16.1. The molecule has 2 N–H and O–H groups in total. The predicted molar refractivity (Wildman–Crippen MR) is 131 cm³/mol. The van der Waals surface area contributed by atoms with Gasteiger partial charge in [-0.05, 0) is 72.8 Å². The second-order valence-electron chi connectivity index (χ2n) is 7.55. The fraction of sp³-hybridized carbons (Fsp3) is 0.0370. The van der Waals surface area contributed by atoms with Crippen molar-refractivity contribution in [3.8, 4) is 5.75 Å². The van der Waals surface area contributed by atoms with Crippen molar-refractivity contribution in [1.82, 2.24) is 19.9 Å². The van der Waals surface area contributed by atoms with Crippen molar-refractivity contribution in [2.24, 2.45) is 0 Å². The summed E-state index contributed by atoms with van der Waals surface area (Å²) in [6.45, 7) is 0. The third-order valence-electron chi connectivity index (χ3n) is 5.08. The quantitative estimate of drug-likeness (QED) is 0.309. The van der Waals surface area contributed by atoms with Crippen molar-refractivity contribution < 1.29 is 20.7 Å². The minimum atomic E-state index is 0.877. The molecule has 0 aliphatic carbocycles. The molecule has 6 heteroatoms. The summed E-state index contributed by atoms with van der Waals surface area (Å²) in [4.78, 5) is 16.0. The van der Waals surface area contributed by atoms with E-state index in [1.165, 1.54) is 0 Å². The number of hydrogen-bond acceptors (Lipinski definition) is 3. The SMILES string of the molecule is C1=Cc2cc3ccc(cc4nc(cc5ccc(cc1n2)[nH]5)C=C4)[nH]3.COc1cc[c]([Fe])cc1. The van der Waals surface area contributed by atoms with Crippen LogP contribution in [0.4, 0.5) is 0 Å². The third kappa shape index (κ3) is 5.32. The average molecular weight is 473 g/mol. The van der Waals surface area contributed by atoms with E-state index >= 15 is 0 Å². The van der Waals surface area contributed by atoms with Crippen LogP contribution in [0.5, 0.6) is 5.75 Å². The van der Waals surface area contributed by atoms with Gasteiger partial charge in [-0.15, -0.1) is 0 Å². The van der Waals surface area contributed by atoms with Crippen molar-refractivity contribution in [1.29, 1.82) is 0 Å². The molecule has 0 saturated heterocycles. The first-order valence-electron chi connectivity index (χ1n) is 10.5. The second kappa shape index (κ2) is 9.33. The molecule has 1 aromatic carbocycles. The first kappa shape index (κ1) is 21.0. The van der Waals surface area contributed by atoms with Crippen molar-refractivity contribution in [2.45, 2.75) is 0 Å². The minimum absolute atomic E-state index is 0.877. The van der Waals surface area contributed by atoms with Crippen molar-refractivity contribution >= 4 is 50.8 Å². The van der Waals surface area contributed by atoms with E-state index in [4.69, 9.17) is 4.74 Å². The molecule has 0 atom stereocenters. The van der Waals surface area contributed by atoms with Gasteiger partial charge in [0, 0.05) is 22.1 Å². The topological polar surface area (TPSA) is 66.6 Å². The molecule has 8 bridgehead atoms. The van der Waals surface area contributed by atoms with E-state index < -0.39 is 0 Å². The van der Waals surface area contributed by atoms with Crippen molar-refractivity contribution in [2.75, 3.05) is 7.11 Å². The molecule has 0 fully saturated rings. The summed E-state index contributed by atoms with van der Waals surface area (Å²) in [5.41, 5.74) is 7.86. The molecule has 2 aliphatic rings. The van der Waals surface area contributed by atoms with E-state index in [-0.39, 0.29) is 0 Å². The number of rotatable bonds is 1. The zero-order chi connectivity index (χ0) is 22.6. The van der Waals surface area contributed by atoms with Crippen LogP contribution in [0.3, 0.4) is 0 Å². The van der Waals surface area contributed by atoms with Crippen LogP contribution < -0.4 is 9.20 Å². The van der Waals surface area contributed by atoms with E-state index in [2.05, 4.69) is 60.2 Å². The monoisotopic (exact) mass is 473 g/mol. The van der Waals surface area contributed by atoms with E-state index in [1.54, 1.807) is 7.11 Å². The van der Waals surface area contributed by atoms with Gasteiger partial charge in [0.05, 0.1) is 22.8 Å². The number of ether oxygens (including phenoxy) is 1. The normalized spacial score (nSPS) is 11.7. The molecule has 0 spiro atoms. The molecule has 5 heterocycles. The van der Waals surface area contributed by atoms with E-state index in [9.17, 15) is 0 Å². The van der Waals surface area contributed by atoms with Gasteiger partial charge in [0.25, 0.3) is 0 Å². The fourth-order valence-corrected chi connectivity index (χ4v) is 3.69. The van der Waals surface area contributed by atoms with Gasteiger partial charge in [-0.1, -0.05) is 0 Å². The Morgan fingerprint density at radius 3 is 1.27 bits per heavy atom. The molecule has 5 nitrogen and oxygen atoms in total. The summed E-state index contributed by atoms with van der Waals surface area (Å²) in [6.07, 6.45) is 8.09. The third-order valence-corrected chi connectivity index (χ3v) is 5.45. The van der Waals surface area contributed by atoms with Crippen LogP contribution in [0.15, 0.2) is 72.8 Å². The van der Waals surface area contributed by atoms with Gasteiger partial charge in [0.2, 0.25) is 0 Å². The Kier molecular flexibility index (Phi) is 5.94. The molecule has 3 aromatic heterocycles. The Labute approximate surface area is 199 Å². The Morgan fingerprint density at radius 1 is 0.576 bits per heavy atom. The van der Waals surface area contributed by atoms with Crippen LogP contribution in [0.1, 0.15) is 22.8 Å². The molecule has 163 valence electrons. The van der Waals surface area contributed by atoms with Gasteiger partial charge in [0.15, 0.2) is 0 Å². The number of methoxy groups -OCH3 is 1. The summed E-state index contributed by atoms with van der Waals surface area (Å²) in [7, 11) is 1.65. The summed E-state index contributed by atoms with van der Waals surface area (Å²) in [5.74, 6) is 0.877. The second-order valence-corrected chi connectivity index (χ2v) is 8.19. The summed E-state index contributed by atoms with van der Waals surface area (Å²) < 4.78 is 5.95. The number of H-pyrrole nitrogens is 2. The van der Waals surface area contributed by atoms with Crippen LogP contribution in [0, 0.1) is 0 Å². The molecular weight excluding hydrogens is 452 g/mol. The van der Waals surface area contributed by atoms with Gasteiger partial charge in [-0.3, -0.25) is 0 Å². The molecule has 4 aromatic rings. The van der Waals surface area contributed by atoms with Crippen molar-refractivity contribution in [3.63, 3.8) is 0 Å². The van der Waals surface area contributed by atoms with Crippen LogP contribution >= 0.6 is 0 Å². The molecule has 33 heavy (non-hydrogen) atoms. The van der Waals surface area contributed by atoms with Crippen LogP contribution in [-0.4, -0.2) is 27.0 Å². The zero-order valence-corrected chi connectivity index (χ0v) is 19.0. The standard InChI is InChI=1S/C20H14N4.C7H7O.Fe/c1-2-14-10-16-5-6-18(23-16)12-20-8-7-19(24-20)11-17-4-3-15(22-17)9-13(1)21-14;1-8-7-5-3-2-4-6-7;/h1-12,21,24H;3-6H,1H3;. The summed E-state index contributed by atoms with van der Waals surface area (Å²) >= 11 is 3.74. The van der Waals surface area contributed by atoms with Crippen LogP contribution in [0.25, 0.3) is 46.4 Å². The Hall–Kier alpha value is -3.86. The molecule has 2 aliphatic heterocycles. The van der Waals surface area contributed by atoms with Crippen LogP contribution in [0.2, 0.25) is 0 Å². The van der Waals surface area contributed by atoms with E-state index in [0.717, 1.165) is 55.1 Å². The average Bonchev–Trinajstić information content (AvgIpc) is 3.61. The van der Waals surface area contributed by atoms with E-state index in [0.29, 0.717) is 0 Å². The molecular formula is C27H21FeN4O. The Bertz CT molecular complexity index is 1340. The molecule has 0 amide bonds. The molecule has 0 radical (unpaired) electrons. The summed E-state index contributed by atoms with van der Waals surface area (Å²) in [5, 5.41) is 0. The molecule has 0 saturated carbocycles. The Morgan fingerprint density at radius 2 is 0.939 bits per heavy atom. The molecule has 0 unspecified atom stereocenters.